The molecule has 0 radical (unpaired) electrons. The fraction of sp³-hybridized carbons (Fsp3) is 0.462. The second-order valence-electron chi connectivity index (χ2n) is 5.03. The zero-order valence-electron chi connectivity index (χ0n) is 11.8. The minimum absolute atomic E-state index is 0.0446. The van der Waals surface area contributed by atoms with Crippen LogP contribution in [0.25, 0.3) is 0 Å². The van der Waals surface area contributed by atoms with E-state index in [1.54, 1.807) is 4.90 Å². The molecule has 0 spiro atoms. The van der Waals surface area contributed by atoms with Gasteiger partial charge in [-0.3, -0.25) is 4.79 Å². The number of rotatable bonds is 4. The Morgan fingerprint density at radius 2 is 2.00 bits per heavy atom. The molecule has 2 N–H and O–H groups in total. The average molecular weight is 315 g/mol. The van der Waals surface area contributed by atoms with Gasteiger partial charge in [-0.05, 0) is 31.0 Å². The topological polar surface area (TPSA) is 83.7 Å². The van der Waals surface area contributed by atoms with Crippen LogP contribution in [0.5, 0.6) is 0 Å². The Morgan fingerprint density at radius 1 is 1.38 bits per heavy atom. The molecule has 1 fully saturated rings. The summed E-state index contributed by atoms with van der Waals surface area (Å²) in [5.74, 6) is -0.949. The van der Waals surface area contributed by atoms with Crippen LogP contribution in [0.15, 0.2) is 23.1 Å². The van der Waals surface area contributed by atoms with E-state index < -0.39 is 15.8 Å². The molecule has 0 bridgehead atoms. The lowest BCUT2D eigenvalue weighted by Crippen LogP contribution is -2.40. The Balaban J connectivity index is 2.18. The van der Waals surface area contributed by atoms with Crippen molar-refractivity contribution in [3.05, 3.63) is 24.0 Å². The third-order valence-corrected chi connectivity index (χ3v) is 5.34. The maximum absolute atomic E-state index is 13.2. The van der Waals surface area contributed by atoms with Gasteiger partial charge in [0.15, 0.2) is 0 Å². The number of carbonyl (C=O) groups is 1. The number of anilines is 1. The molecule has 2 rings (SSSR count). The Hall–Kier alpha value is -1.67. The third-order valence-electron chi connectivity index (χ3n) is 3.48. The summed E-state index contributed by atoms with van der Waals surface area (Å²) in [5.41, 5.74) is 5.55. The van der Waals surface area contributed by atoms with Crippen LogP contribution in [0.4, 0.5) is 10.1 Å². The predicted octanol–water partition coefficient (Wildman–Crippen LogP) is 0.651. The lowest BCUT2D eigenvalue weighted by Gasteiger charge is -2.21. The van der Waals surface area contributed by atoms with Crippen LogP contribution in [-0.2, 0) is 14.8 Å². The number of hydrogen-bond acceptors (Lipinski definition) is 4. The van der Waals surface area contributed by atoms with Crippen LogP contribution in [-0.4, -0.2) is 50.2 Å². The van der Waals surface area contributed by atoms with Crippen molar-refractivity contribution in [2.45, 2.75) is 17.7 Å². The van der Waals surface area contributed by atoms with Gasteiger partial charge in [0.05, 0.1) is 12.2 Å². The molecule has 0 aromatic heterocycles. The Bertz CT molecular complexity index is 642. The van der Waals surface area contributed by atoms with E-state index in [1.165, 1.54) is 13.1 Å². The van der Waals surface area contributed by atoms with Crippen LogP contribution >= 0.6 is 0 Å². The Kier molecular flexibility index (Phi) is 4.48. The molecule has 1 heterocycles. The fourth-order valence-electron chi connectivity index (χ4n) is 2.24. The van der Waals surface area contributed by atoms with Gasteiger partial charge in [0.2, 0.25) is 15.9 Å². The lowest BCUT2D eigenvalue weighted by atomic mass is 10.3. The second-order valence-corrected chi connectivity index (χ2v) is 7.04. The average Bonchev–Trinajstić information content (AvgIpc) is 2.95. The van der Waals surface area contributed by atoms with Crippen LogP contribution in [0, 0.1) is 5.82 Å². The molecule has 116 valence electrons. The highest BCUT2D eigenvalue weighted by Gasteiger charge is 2.28. The number of benzene rings is 1. The summed E-state index contributed by atoms with van der Waals surface area (Å²) in [6, 6.07) is 3.14. The van der Waals surface area contributed by atoms with Crippen molar-refractivity contribution in [2.24, 2.45) is 0 Å². The molecule has 1 aromatic rings. The lowest BCUT2D eigenvalue weighted by molar-refractivity contribution is -0.130. The van der Waals surface area contributed by atoms with Crippen molar-refractivity contribution < 1.29 is 17.6 Å². The maximum Gasteiger partial charge on any atom is 0.245 e. The van der Waals surface area contributed by atoms with E-state index in [4.69, 9.17) is 5.73 Å². The number of nitrogens with two attached hydrogens (primary N) is 1. The standard InChI is InChI=1S/C13H18FN3O3S/c1-16(9-13(18)17-6-2-3-7-17)21(19,20)12-8-10(14)4-5-11(12)15/h4-5,8H,2-3,6-7,9,15H2,1H3. The van der Waals surface area contributed by atoms with E-state index in [1.807, 2.05) is 0 Å². The molecule has 21 heavy (non-hydrogen) atoms. The second kappa shape index (κ2) is 5.98. The van der Waals surface area contributed by atoms with Crippen molar-refractivity contribution in [3.8, 4) is 0 Å². The Morgan fingerprint density at radius 3 is 2.62 bits per heavy atom. The number of nitrogens with zero attached hydrogens (tertiary/aromatic N) is 2. The van der Waals surface area contributed by atoms with Gasteiger partial charge in [-0.15, -0.1) is 0 Å². The van der Waals surface area contributed by atoms with E-state index in [0.29, 0.717) is 13.1 Å². The molecule has 6 nitrogen and oxygen atoms in total. The fourth-order valence-corrected chi connectivity index (χ4v) is 3.49. The number of carbonyl (C=O) groups excluding carboxylic acids is 1. The largest absolute Gasteiger partial charge is 0.398 e. The molecule has 1 amide bonds. The number of halogens is 1. The normalized spacial score (nSPS) is 15.7. The zero-order chi connectivity index (χ0) is 15.6. The number of likely N-dealkylation sites (N-methyl/N-ethyl adjacent to an activating group) is 1. The molecular formula is C13H18FN3O3S. The predicted molar refractivity (Wildman–Crippen MR) is 76.4 cm³/mol. The van der Waals surface area contributed by atoms with E-state index in [-0.39, 0.29) is 23.0 Å². The van der Waals surface area contributed by atoms with Gasteiger partial charge in [-0.25, -0.2) is 12.8 Å². The minimum atomic E-state index is -4.00. The highest BCUT2D eigenvalue weighted by molar-refractivity contribution is 7.89. The van der Waals surface area contributed by atoms with E-state index in [2.05, 4.69) is 0 Å². The first-order valence-electron chi connectivity index (χ1n) is 6.61. The molecule has 0 aliphatic carbocycles. The monoisotopic (exact) mass is 315 g/mol. The summed E-state index contributed by atoms with van der Waals surface area (Å²) < 4.78 is 38.9. The van der Waals surface area contributed by atoms with Crippen molar-refractivity contribution in [3.63, 3.8) is 0 Å². The maximum atomic E-state index is 13.2. The molecule has 1 aliphatic heterocycles. The van der Waals surface area contributed by atoms with E-state index in [0.717, 1.165) is 29.3 Å². The molecular weight excluding hydrogens is 297 g/mol. The molecule has 0 saturated carbocycles. The van der Waals surface area contributed by atoms with Crippen molar-refractivity contribution in [2.75, 3.05) is 32.4 Å². The zero-order valence-corrected chi connectivity index (χ0v) is 12.6. The smallest absolute Gasteiger partial charge is 0.245 e. The van der Waals surface area contributed by atoms with Crippen LogP contribution in [0.2, 0.25) is 0 Å². The van der Waals surface area contributed by atoms with Crippen LogP contribution in [0.1, 0.15) is 12.8 Å². The van der Waals surface area contributed by atoms with Gasteiger partial charge in [0.25, 0.3) is 0 Å². The molecule has 1 saturated heterocycles. The number of amides is 1. The van der Waals surface area contributed by atoms with E-state index in [9.17, 15) is 17.6 Å². The van der Waals surface area contributed by atoms with Crippen molar-refractivity contribution in [1.82, 2.24) is 9.21 Å². The van der Waals surface area contributed by atoms with Gasteiger partial charge >= 0.3 is 0 Å². The quantitative estimate of drug-likeness (QED) is 0.827. The van der Waals surface area contributed by atoms with Gasteiger partial charge in [0, 0.05) is 20.1 Å². The highest BCUT2D eigenvalue weighted by Crippen LogP contribution is 2.22. The number of sulfonamides is 1. The summed E-state index contributed by atoms with van der Waals surface area (Å²) in [7, 11) is -2.71. The number of likely N-dealkylation sites (tertiary alicyclic amines) is 1. The van der Waals surface area contributed by atoms with E-state index >= 15 is 0 Å². The summed E-state index contributed by atoms with van der Waals surface area (Å²) in [6.45, 7) is 1.02. The minimum Gasteiger partial charge on any atom is -0.398 e. The molecule has 0 unspecified atom stereocenters. The van der Waals surface area contributed by atoms with Gasteiger partial charge in [-0.1, -0.05) is 0 Å². The number of nitrogen functional groups attached to an aromatic ring is 1. The van der Waals surface area contributed by atoms with Crippen molar-refractivity contribution in [1.29, 1.82) is 0 Å². The first-order chi connectivity index (χ1) is 9.82. The first kappa shape index (κ1) is 15.7. The molecule has 1 aliphatic rings. The van der Waals surface area contributed by atoms with Crippen LogP contribution in [0.3, 0.4) is 0 Å². The van der Waals surface area contributed by atoms with Gasteiger partial charge in [0.1, 0.15) is 10.7 Å². The Labute approximate surface area is 123 Å². The SMILES string of the molecule is CN(CC(=O)N1CCCC1)S(=O)(=O)c1cc(F)ccc1N. The third kappa shape index (κ3) is 3.33. The summed E-state index contributed by atoms with van der Waals surface area (Å²) in [5, 5.41) is 0. The summed E-state index contributed by atoms with van der Waals surface area (Å²) >= 11 is 0. The molecule has 1 aromatic carbocycles. The number of hydrogen-bond donors (Lipinski definition) is 1. The van der Waals surface area contributed by atoms with Crippen molar-refractivity contribution >= 4 is 21.6 Å². The molecule has 8 heteroatoms. The summed E-state index contributed by atoms with van der Waals surface area (Å²) in [6.07, 6.45) is 1.86. The van der Waals surface area contributed by atoms with Crippen LogP contribution < -0.4 is 5.73 Å². The van der Waals surface area contributed by atoms with Gasteiger partial charge in [-0.2, -0.15) is 4.31 Å². The molecule has 0 atom stereocenters. The summed E-state index contributed by atoms with van der Waals surface area (Å²) in [4.78, 5) is 13.3. The highest BCUT2D eigenvalue weighted by atomic mass is 32.2. The van der Waals surface area contributed by atoms with Gasteiger partial charge < -0.3 is 10.6 Å². The first-order valence-corrected chi connectivity index (χ1v) is 8.05.